The Labute approximate surface area is 224 Å². The molecule has 7 nitrogen and oxygen atoms in total. The van der Waals surface area contributed by atoms with Crippen molar-refractivity contribution in [1.29, 1.82) is 0 Å². The van der Waals surface area contributed by atoms with Crippen LogP contribution in [-0.4, -0.2) is 64.7 Å². The van der Waals surface area contributed by atoms with E-state index in [1.165, 1.54) is 23.9 Å². The number of nitrogens with one attached hydrogen (secondary N) is 1. The van der Waals surface area contributed by atoms with Gasteiger partial charge in [0.1, 0.15) is 5.82 Å². The number of morpholine rings is 1. The van der Waals surface area contributed by atoms with Crippen LogP contribution in [0.4, 0.5) is 4.39 Å². The van der Waals surface area contributed by atoms with Gasteiger partial charge in [0.25, 0.3) is 5.91 Å². The molecule has 1 fully saturated rings. The smallest absolute Gasteiger partial charge is 0.251 e. The number of hydrogen-bond acceptors (Lipinski definition) is 6. The first-order valence-corrected chi connectivity index (χ1v) is 13.5. The van der Waals surface area contributed by atoms with Gasteiger partial charge in [0.2, 0.25) is 0 Å². The molecule has 0 aliphatic carbocycles. The number of aromatic nitrogens is 3. The number of halogens is 2. The normalized spacial score (nSPS) is 14.2. The van der Waals surface area contributed by atoms with Gasteiger partial charge in [-0.15, -0.1) is 0 Å². The van der Waals surface area contributed by atoms with Gasteiger partial charge in [0.05, 0.1) is 37.0 Å². The van der Waals surface area contributed by atoms with E-state index in [0.29, 0.717) is 29.4 Å². The standard InChI is InChI=1S/C27H27ClFN5O2S/c28-23-15-22(29)6-5-21(23)18-37-27-32-24-7-8-30-16-25(24)34(27)17-19-1-3-20(4-2-19)26(35)31-9-10-33-11-13-36-14-12-33/h1-8,15-16H,9-14,17-18H2,(H,31,35). The fourth-order valence-electron chi connectivity index (χ4n) is 4.19. The first-order chi connectivity index (χ1) is 18.1. The number of imidazole rings is 1. The summed E-state index contributed by atoms with van der Waals surface area (Å²) in [5.74, 6) is 0.121. The van der Waals surface area contributed by atoms with E-state index in [9.17, 15) is 9.18 Å². The maximum Gasteiger partial charge on any atom is 0.251 e. The summed E-state index contributed by atoms with van der Waals surface area (Å²) in [6.07, 6.45) is 3.52. The SMILES string of the molecule is O=C(NCCN1CCOCC1)c1ccc(Cn2c(SCc3ccc(F)cc3Cl)nc3ccncc32)cc1. The highest BCUT2D eigenvalue weighted by molar-refractivity contribution is 7.98. The summed E-state index contributed by atoms with van der Waals surface area (Å²) < 4.78 is 20.9. The van der Waals surface area contributed by atoms with Crippen LogP contribution in [-0.2, 0) is 17.0 Å². The van der Waals surface area contributed by atoms with Crippen molar-refractivity contribution in [3.63, 3.8) is 0 Å². The predicted octanol–water partition coefficient (Wildman–Crippen LogP) is 4.63. The minimum absolute atomic E-state index is 0.0792. The lowest BCUT2D eigenvalue weighted by Crippen LogP contribution is -2.41. The molecule has 1 aliphatic rings. The predicted molar refractivity (Wildman–Crippen MR) is 144 cm³/mol. The van der Waals surface area contributed by atoms with Crippen LogP contribution >= 0.6 is 23.4 Å². The van der Waals surface area contributed by atoms with Crippen molar-refractivity contribution < 1.29 is 13.9 Å². The van der Waals surface area contributed by atoms with Crippen LogP contribution in [0.25, 0.3) is 11.0 Å². The molecule has 0 radical (unpaired) electrons. The Bertz CT molecular complexity index is 1380. The number of nitrogens with zero attached hydrogens (tertiary/aromatic N) is 4. The van der Waals surface area contributed by atoms with E-state index in [-0.39, 0.29) is 11.7 Å². The largest absolute Gasteiger partial charge is 0.379 e. The number of amides is 1. The lowest BCUT2D eigenvalue weighted by atomic mass is 10.1. The Hall–Kier alpha value is -2.98. The summed E-state index contributed by atoms with van der Waals surface area (Å²) in [6.45, 7) is 5.29. The molecular weight excluding hydrogens is 513 g/mol. The molecule has 37 heavy (non-hydrogen) atoms. The van der Waals surface area contributed by atoms with E-state index < -0.39 is 0 Å². The second-order valence-electron chi connectivity index (χ2n) is 8.78. The van der Waals surface area contributed by atoms with Gasteiger partial charge in [-0.05, 0) is 41.5 Å². The molecular formula is C27H27ClFN5O2S. The highest BCUT2D eigenvalue weighted by Gasteiger charge is 2.15. The Balaban J connectivity index is 1.25. The highest BCUT2D eigenvalue weighted by atomic mass is 35.5. The van der Waals surface area contributed by atoms with Gasteiger partial charge in [0.15, 0.2) is 5.16 Å². The van der Waals surface area contributed by atoms with Crippen molar-refractivity contribution >= 4 is 40.3 Å². The fourth-order valence-corrected chi connectivity index (χ4v) is 5.52. The second kappa shape index (κ2) is 12.0. The number of fused-ring (bicyclic) bond motifs is 1. The van der Waals surface area contributed by atoms with Crippen LogP contribution in [0.15, 0.2) is 66.1 Å². The van der Waals surface area contributed by atoms with Crippen LogP contribution in [0.2, 0.25) is 5.02 Å². The first-order valence-electron chi connectivity index (χ1n) is 12.1. The number of benzene rings is 2. The van der Waals surface area contributed by atoms with Crippen molar-refractivity contribution in [3.8, 4) is 0 Å². The zero-order valence-electron chi connectivity index (χ0n) is 20.2. The quantitative estimate of drug-likeness (QED) is 0.313. The monoisotopic (exact) mass is 539 g/mol. The van der Waals surface area contributed by atoms with Gasteiger partial charge in [-0.3, -0.25) is 14.7 Å². The molecule has 0 bridgehead atoms. The minimum Gasteiger partial charge on any atom is -0.379 e. The molecule has 1 N–H and O–H groups in total. The molecule has 1 amide bonds. The van der Waals surface area contributed by atoms with Gasteiger partial charge in [-0.2, -0.15) is 0 Å². The molecule has 2 aromatic carbocycles. The number of carbonyl (C=O) groups is 1. The molecule has 3 heterocycles. The number of pyridine rings is 1. The molecule has 1 saturated heterocycles. The fraction of sp³-hybridized carbons (Fsp3) is 0.296. The molecule has 1 aliphatic heterocycles. The molecule has 4 aromatic rings. The lowest BCUT2D eigenvalue weighted by Gasteiger charge is -2.26. The van der Waals surface area contributed by atoms with Crippen LogP contribution in [0, 0.1) is 5.82 Å². The Morgan fingerprint density at radius 3 is 2.73 bits per heavy atom. The van der Waals surface area contributed by atoms with Crippen molar-refractivity contribution in [2.45, 2.75) is 17.5 Å². The maximum atomic E-state index is 13.4. The van der Waals surface area contributed by atoms with Crippen molar-refractivity contribution in [3.05, 3.63) is 88.5 Å². The number of hydrogen-bond donors (Lipinski definition) is 1. The van der Waals surface area contributed by atoms with E-state index in [1.807, 2.05) is 30.3 Å². The summed E-state index contributed by atoms with van der Waals surface area (Å²) in [7, 11) is 0. The van der Waals surface area contributed by atoms with Gasteiger partial charge >= 0.3 is 0 Å². The lowest BCUT2D eigenvalue weighted by molar-refractivity contribution is 0.0383. The van der Waals surface area contributed by atoms with Crippen molar-refractivity contribution in [2.75, 3.05) is 39.4 Å². The zero-order chi connectivity index (χ0) is 25.6. The van der Waals surface area contributed by atoms with Gasteiger partial charge in [-0.1, -0.05) is 41.6 Å². The average Bonchev–Trinajstić information content (AvgIpc) is 3.26. The van der Waals surface area contributed by atoms with E-state index in [0.717, 1.165) is 60.2 Å². The molecule has 0 unspecified atom stereocenters. The Morgan fingerprint density at radius 2 is 1.95 bits per heavy atom. The Kier molecular flexibility index (Phi) is 8.35. The van der Waals surface area contributed by atoms with Crippen LogP contribution in [0.5, 0.6) is 0 Å². The van der Waals surface area contributed by atoms with Gasteiger partial charge < -0.3 is 14.6 Å². The van der Waals surface area contributed by atoms with Gasteiger partial charge in [-0.25, -0.2) is 9.37 Å². The summed E-state index contributed by atoms with van der Waals surface area (Å²) in [5, 5.41) is 4.21. The number of rotatable bonds is 9. The molecule has 0 spiro atoms. The Morgan fingerprint density at radius 1 is 1.14 bits per heavy atom. The molecule has 5 rings (SSSR count). The summed E-state index contributed by atoms with van der Waals surface area (Å²) >= 11 is 7.76. The van der Waals surface area contributed by atoms with E-state index in [4.69, 9.17) is 21.3 Å². The molecule has 2 aromatic heterocycles. The first kappa shape index (κ1) is 25.7. The number of thioether (sulfide) groups is 1. The third-order valence-electron chi connectivity index (χ3n) is 6.26. The molecule has 0 saturated carbocycles. The minimum atomic E-state index is -0.355. The average molecular weight is 540 g/mol. The van der Waals surface area contributed by atoms with Crippen molar-refractivity contribution in [1.82, 2.24) is 24.8 Å². The zero-order valence-corrected chi connectivity index (χ0v) is 21.8. The highest BCUT2D eigenvalue weighted by Crippen LogP contribution is 2.30. The second-order valence-corrected chi connectivity index (χ2v) is 10.1. The molecule has 10 heteroatoms. The van der Waals surface area contributed by atoms with E-state index in [1.54, 1.807) is 18.5 Å². The van der Waals surface area contributed by atoms with Crippen LogP contribution < -0.4 is 5.32 Å². The third kappa shape index (κ3) is 6.48. The van der Waals surface area contributed by atoms with Crippen molar-refractivity contribution in [2.24, 2.45) is 0 Å². The van der Waals surface area contributed by atoms with E-state index in [2.05, 4.69) is 19.8 Å². The molecule has 0 atom stereocenters. The number of ether oxygens (including phenoxy) is 1. The van der Waals surface area contributed by atoms with E-state index >= 15 is 0 Å². The topological polar surface area (TPSA) is 72.3 Å². The molecule has 192 valence electrons. The number of carbonyl (C=O) groups excluding carboxylic acids is 1. The summed E-state index contributed by atoms with van der Waals surface area (Å²) in [5.41, 5.74) is 4.27. The third-order valence-corrected chi connectivity index (χ3v) is 7.64. The summed E-state index contributed by atoms with van der Waals surface area (Å²) in [4.78, 5) is 23.9. The maximum absolute atomic E-state index is 13.4. The van der Waals surface area contributed by atoms with Gasteiger partial charge in [0, 0.05) is 48.7 Å². The van der Waals surface area contributed by atoms with Crippen LogP contribution in [0.1, 0.15) is 21.5 Å². The van der Waals surface area contributed by atoms with Crippen LogP contribution in [0.3, 0.4) is 0 Å². The summed E-state index contributed by atoms with van der Waals surface area (Å²) in [6, 6.07) is 13.9.